The summed E-state index contributed by atoms with van der Waals surface area (Å²) in [4.78, 5) is 19.5. The summed E-state index contributed by atoms with van der Waals surface area (Å²) in [6, 6.07) is 0. The third-order valence-corrected chi connectivity index (χ3v) is 0.805. The molecule has 0 saturated heterocycles. The Morgan fingerprint density at radius 1 is 0.909 bits per heavy atom. The summed E-state index contributed by atoms with van der Waals surface area (Å²) in [5.74, 6) is -3.54. The molecule has 0 aliphatic carbocycles. The van der Waals surface area contributed by atoms with Gasteiger partial charge in [0.25, 0.3) is 0 Å². The third-order valence-electron chi connectivity index (χ3n) is 0.805. The van der Waals surface area contributed by atoms with Crippen LogP contribution >= 0.6 is 0 Å². The molecular formula is C4H6CaO6. The number of hydrogen-bond donors (Lipinski definition) is 4. The molecule has 0 fully saturated rings. The molecule has 0 bridgehead atoms. The molecule has 6 nitrogen and oxygen atoms in total. The van der Waals surface area contributed by atoms with Gasteiger partial charge in [-0.3, -0.25) is 0 Å². The van der Waals surface area contributed by atoms with Gasteiger partial charge in [0.05, 0.1) is 0 Å². The van der Waals surface area contributed by atoms with E-state index in [0.717, 1.165) is 0 Å². The molecule has 11 heavy (non-hydrogen) atoms. The second-order valence-electron chi connectivity index (χ2n) is 1.57. The van der Waals surface area contributed by atoms with Crippen molar-refractivity contribution >= 4 is 49.7 Å². The van der Waals surface area contributed by atoms with Gasteiger partial charge in [-0.25, -0.2) is 9.59 Å². The van der Waals surface area contributed by atoms with Gasteiger partial charge in [0.15, 0.2) is 12.2 Å². The van der Waals surface area contributed by atoms with Crippen LogP contribution in [0.15, 0.2) is 0 Å². The molecule has 0 heterocycles. The second-order valence-corrected chi connectivity index (χ2v) is 1.57. The van der Waals surface area contributed by atoms with Gasteiger partial charge < -0.3 is 20.4 Å². The van der Waals surface area contributed by atoms with Crippen molar-refractivity contribution in [1.82, 2.24) is 0 Å². The van der Waals surface area contributed by atoms with E-state index in [1.807, 2.05) is 0 Å². The number of aliphatic hydroxyl groups is 2. The smallest absolute Gasteiger partial charge is 0.335 e. The molecule has 4 N–H and O–H groups in total. The zero-order valence-electron chi connectivity index (χ0n) is 5.47. The fourth-order valence-corrected chi connectivity index (χ4v) is 0.270. The van der Waals surface area contributed by atoms with E-state index in [1.165, 1.54) is 0 Å². The van der Waals surface area contributed by atoms with E-state index < -0.39 is 24.1 Å². The topological polar surface area (TPSA) is 115 Å². The number of hydrogen-bond acceptors (Lipinski definition) is 4. The summed E-state index contributed by atoms with van der Waals surface area (Å²) in [5, 5.41) is 32.5. The number of carbonyl (C=O) groups is 2. The van der Waals surface area contributed by atoms with Crippen LogP contribution in [0.1, 0.15) is 0 Å². The molecule has 2 radical (unpaired) electrons. The van der Waals surface area contributed by atoms with E-state index in [2.05, 4.69) is 0 Å². The fourth-order valence-electron chi connectivity index (χ4n) is 0.270. The molecule has 0 amide bonds. The quantitative estimate of drug-likeness (QED) is 0.365. The van der Waals surface area contributed by atoms with Gasteiger partial charge >= 0.3 is 11.9 Å². The molecule has 0 aliphatic heterocycles. The Morgan fingerprint density at radius 2 is 1.09 bits per heavy atom. The van der Waals surface area contributed by atoms with Crippen LogP contribution in [0.5, 0.6) is 0 Å². The third kappa shape index (κ3) is 4.54. The van der Waals surface area contributed by atoms with Crippen molar-refractivity contribution in [3.63, 3.8) is 0 Å². The summed E-state index contributed by atoms with van der Waals surface area (Å²) in [6.45, 7) is 0. The molecule has 0 spiro atoms. The van der Waals surface area contributed by atoms with E-state index in [1.54, 1.807) is 0 Å². The van der Waals surface area contributed by atoms with Crippen molar-refractivity contribution in [2.24, 2.45) is 0 Å². The predicted molar refractivity (Wildman–Crippen MR) is 33.0 cm³/mol. The number of rotatable bonds is 3. The van der Waals surface area contributed by atoms with Crippen LogP contribution in [-0.4, -0.2) is 82.3 Å². The monoisotopic (exact) mass is 190 g/mol. The molecule has 0 rings (SSSR count). The summed E-state index contributed by atoms with van der Waals surface area (Å²) >= 11 is 0. The molecule has 0 aromatic rings. The molecule has 0 aromatic heterocycles. The molecular weight excluding hydrogens is 184 g/mol. The Labute approximate surface area is 91.4 Å². The average molecular weight is 190 g/mol. The first-order chi connectivity index (χ1) is 4.46. The zero-order chi connectivity index (χ0) is 8.31. The Kier molecular flexibility index (Phi) is 7.13. The van der Waals surface area contributed by atoms with Gasteiger partial charge in [-0.1, -0.05) is 0 Å². The van der Waals surface area contributed by atoms with Crippen molar-refractivity contribution in [2.45, 2.75) is 12.2 Å². The minimum atomic E-state index is -2.27. The van der Waals surface area contributed by atoms with Crippen LogP contribution in [0.4, 0.5) is 0 Å². The normalized spacial score (nSPS) is 14.4. The Morgan fingerprint density at radius 3 is 1.18 bits per heavy atom. The average Bonchev–Trinajstić information content (AvgIpc) is 1.84. The van der Waals surface area contributed by atoms with Gasteiger partial charge in [0, 0.05) is 37.7 Å². The van der Waals surface area contributed by atoms with Crippen molar-refractivity contribution in [2.75, 3.05) is 0 Å². The maximum Gasteiger partial charge on any atom is 0.335 e. The minimum absolute atomic E-state index is 0. The molecule has 0 aliphatic rings. The summed E-state index contributed by atoms with van der Waals surface area (Å²) < 4.78 is 0. The molecule has 60 valence electrons. The fraction of sp³-hybridized carbons (Fsp3) is 0.500. The van der Waals surface area contributed by atoms with Crippen molar-refractivity contribution in [3.8, 4) is 0 Å². The summed E-state index contributed by atoms with van der Waals surface area (Å²) in [5.41, 5.74) is 0. The van der Waals surface area contributed by atoms with Crippen LogP contribution in [0.2, 0.25) is 0 Å². The van der Waals surface area contributed by atoms with E-state index in [-0.39, 0.29) is 37.7 Å². The summed E-state index contributed by atoms with van der Waals surface area (Å²) in [7, 11) is 0. The van der Waals surface area contributed by atoms with Crippen LogP contribution in [0.3, 0.4) is 0 Å². The van der Waals surface area contributed by atoms with Gasteiger partial charge in [0.2, 0.25) is 0 Å². The Hall–Kier alpha value is 0.120. The summed E-state index contributed by atoms with van der Waals surface area (Å²) in [6.07, 6.45) is -4.53. The first-order valence-corrected chi connectivity index (χ1v) is 2.28. The maximum atomic E-state index is 9.77. The molecule has 0 aromatic carbocycles. The zero-order valence-corrected chi connectivity index (χ0v) is 7.68. The van der Waals surface area contributed by atoms with E-state index in [4.69, 9.17) is 20.4 Å². The van der Waals surface area contributed by atoms with E-state index >= 15 is 0 Å². The predicted octanol–water partition coefficient (Wildman–Crippen LogP) is -2.50. The molecule has 2 atom stereocenters. The Bertz CT molecular complexity index is 139. The number of carboxylic acid groups (broad SMARTS) is 2. The standard InChI is InChI=1S/C4H6O6.Ca/c5-1(3(7)8)2(6)4(9)10;/h1-2,5-6H,(H,7,8)(H,9,10);/t1-,2-;/m0./s1. The van der Waals surface area contributed by atoms with Gasteiger partial charge in [-0.2, -0.15) is 0 Å². The molecule has 0 unspecified atom stereocenters. The van der Waals surface area contributed by atoms with E-state index in [0.29, 0.717) is 0 Å². The largest absolute Gasteiger partial charge is 0.479 e. The molecule has 0 saturated carbocycles. The first kappa shape index (κ1) is 13.7. The van der Waals surface area contributed by atoms with Crippen molar-refractivity contribution in [1.29, 1.82) is 0 Å². The first-order valence-electron chi connectivity index (χ1n) is 2.28. The minimum Gasteiger partial charge on any atom is -0.479 e. The number of aliphatic carboxylic acids is 2. The van der Waals surface area contributed by atoms with Crippen LogP contribution in [0, 0.1) is 0 Å². The Balaban J connectivity index is 0. The SMILES string of the molecule is O=C(O)[C@@H](O)[C@H](O)C(=O)O.[Ca]. The van der Waals surface area contributed by atoms with Gasteiger partial charge in [-0.15, -0.1) is 0 Å². The van der Waals surface area contributed by atoms with Crippen LogP contribution < -0.4 is 0 Å². The number of aliphatic hydroxyl groups excluding tert-OH is 2. The van der Waals surface area contributed by atoms with Gasteiger partial charge in [0.1, 0.15) is 0 Å². The van der Waals surface area contributed by atoms with E-state index in [9.17, 15) is 9.59 Å². The van der Waals surface area contributed by atoms with Crippen LogP contribution in [-0.2, 0) is 9.59 Å². The van der Waals surface area contributed by atoms with Gasteiger partial charge in [-0.05, 0) is 0 Å². The van der Waals surface area contributed by atoms with Crippen molar-refractivity contribution in [3.05, 3.63) is 0 Å². The molecule has 7 heteroatoms. The van der Waals surface area contributed by atoms with Crippen molar-refractivity contribution < 1.29 is 30.0 Å². The second kappa shape index (κ2) is 5.73. The van der Waals surface area contributed by atoms with Crippen LogP contribution in [0.25, 0.3) is 0 Å². The maximum absolute atomic E-state index is 9.77. The number of carboxylic acids is 2.